The Kier molecular flexibility index (Phi) is 6.08. The van der Waals surface area contributed by atoms with Crippen LogP contribution in [0.15, 0.2) is 84.1 Å². The van der Waals surface area contributed by atoms with Crippen LogP contribution in [0.5, 0.6) is 0 Å². The van der Waals surface area contributed by atoms with Gasteiger partial charge in [-0.1, -0.05) is 48.0 Å². The molecule has 0 fully saturated rings. The highest BCUT2D eigenvalue weighted by molar-refractivity contribution is 6.30. The van der Waals surface area contributed by atoms with Gasteiger partial charge in [-0.15, -0.1) is 0 Å². The number of Topliss-reactive ketones (excluding diaryl/α,β-unsaturated/α-hetero) is 1. The third kappa shape index (κ3) is 4.37. The van der Waals surface area contributed by atoms with Gasteiger partial charge in [0.1, 0.15) is 5.82 Å². The van der Waals surface area contributed by atoms with Crippen molar-refractivity contribution >= 4 is 34.7 Å². The monoisotopic (exact) mass is 514 g/mol. The molecule has 1 aliphatic carbocycles. The number of carbonyl (C=O) groups excluding carboxylic acids is 2. The van der Waals surface area contributed by atoms with E-state index in [2.05, 4.69) is 5.32 Å². The highest BCUT2D eigenvalue weighted by atomic mass is 35.5. The van der Waals surface area contributed by atoms with E-state index in [0.717, 1.165) is 17.7 Å². The Labute approximate surface area is 209 Å². The van der Waals surface area contributed by atoms with Crippen LogP contribution >= 0.6 is 11.6 Å². The van der Waals surface area contributed by atoms with Crippen LogP contribution in [-0.4, -0.2) is 17.9 Å². The van der Waals surface area contributed by atoms with Crippen LogP contribution in [0.3, 0.4) is 0 Å². The van der Waals surface area contributed by atoms with E-state index in [0.29, 0.717) is 22.0 Å². The van der Waals surface area contributed by atoms with Crippen molar-refractivity contribution in [1.82, 2.24) is 0 Å². The van der Waals surface area contributed by atoms with Gasteiger partial charge in [0.15, 0.2) is 5.78 Å². The van der Waals surface area contributed by atoms with E-state index in [1.54, 1.807) is 24.3 Å². The molecule has 2 atom stereocenters. The number of amides is 1. The SMILES string of the molecule is O=C1C[C@H](c2ccc(Cl)cc2)CC2=C1[C@@H](c1ccc(F)cc1)N(C(=O)C(F)(F)F)c1ccccc1N2. The lowest BCUT2D eigenvalue weighted by atomic mass is 9.78. The lowest BCUT2D eigenvalue weighted by Gasteiger charge is -2.35. The zero-order valence-electron chi connectivity index (χ0n) is 18.7. The number of para-hydroxylation sites is 2. The van der Waals surface area contributed by atoms with Crippen molar-refractivity contribution in [2.75, 3.05) is 10.2 Å². The number of halogens is 5. The van der Waals surface area contributed by atoms with Crippen LogP contribution in [0.1, 0.15) is 35.9 Å². The topological polar surface area (TPSA) is 49.4 Å². The van der Waals surface area contributed by atoms with Crippen molar-refractivity contribution in [1.29, 1.82) is 0 Å². The van der Waals surface area contributed by atoms with Gasteiger partial charge in [0.25, 0.3) is 0 Å². The molecule has 5 rings (SSSR count). The smallest absolute Gasteiger partial charge is 0.357 e. The number of nitrogens with zero attached hydrogens (tertiary/aromatic N) is 1. The van der Waals surface area contributed by atoms with Gasteiger partial charge in [-0.2, -0.15) is 13.2 Å². The van der Waals surface area contributed by atoms with Crippen LogP contribution < -0.4 is 10.2 Å². The first-order valence-corrected chi connectivity index (χ1v) is 11.5. The molecule has 1 amide bonds. The summed E-state index contributed by atoms with van der Waals surface area (Å²) in [6.07, 6.45) is -4.85. The van der Waals surface area contributed by atoms with Gasteiger partial charge in [-0.25, -0.2) is 4.39 Å². The second-order valence-electron chi connectivity index (χ2n) is 8.74. The first-order chi connectivity index (χ1) is 17.1. The van der Waals surface area contributed by atoms with E-state index in [9.17, 15) is 27.2 Å². The summed E-state index contributed by atoms with van der Waals surface area (Å²) >= 11 is 6.00. The number of fused-ring (bicyclic) bond motifs is 1. The minimum atomic E-state index is -5.21. The maximum Gasteiger partial charge on any atom is 0.471 e. The molecule has 0 saturated carbocycles. The first kappa shape index (κ1) is 24.1. The lowest BCUT2D eigenvalue weighted by Crippen LogP contribution is -2.45. The molecule has 184 valence electrons. The molecule has 0 unspecified atom stereocenters. The molecule has 0 spiro atoms. The number of alkyl halides is 3. The second kappa shape index (κ2) is 9.09. The number of benzene rings is 3. The van der Waals surface area contributed by atoms with Crippen molar-refractivity contribution in [3.05, 3.63) is 106 Å². The molecule has 0 saturated heterocycles. The molecule has 1 aliphatic heterocycles. The van der Waals surface area contributed by atoms with Crippen LogP contribution in [0.4, 0.5) is 28.9 Å². The Morgan fingerprint density at radius 3 is 2.22 bits per heavy atom. The molecular formula is C27H19ClF4N2O2. The highest BCUT2D eigenvalue weighted by Gasteiger charge is 2.49. The quantitative estimate of drug-likeness (QED) is 0.377. The van der Waals surface area contributed by atoms with Crippen molar-refractivity contribution in [2.24, 2.45) is 0 Å². The number of hydrogen-bond donors (Lipinski definition) is 1. The van der Waals surface area contributed by atoms with E-state index in [1.807, 2.05) is 12.1 Å². The Balaban J connectivity index is 1.72. The van der Waals surface area contributed by atoms with Crippen LogP contribution in [0, 0.1) is 5.82 Å². The Bertz CT molecular complexity index is 1370. The molecule has 1 heterocycles. The maximum atomic E-state index is 13.9. The largest absolute Gasteiger partial charge is 0.471 e. The molecule has 4 nitrogen and oxygen atoms in total. The average Bonchev–Trinajstić information content (AvgIpc) is 2.98. The summed E-state index contributed by atoms with van der Waals surface area (Å²) in [7, 11) is 0. The van der Waals surface area contributed by atoms with Crippen molar-refractivity contribution in [3.8, 4) is 0 Å². The van der Waals surface area contributed by atoms with Gasteiger partial charge in [-0.3, -0.25) is 14.5 Å². The predicted octanol–water partition coefficient (Wildman–Crippen LogP) is 6.94. The van der Waals surface area contributed by atoms with Gasteiger partial charge < -0.3 is 5.32 Å². The fourth-order valence-corrected chi connectivity index (χ4v) is 5.01. The summed E-state index contributed by atoms with van der Waals surface area (Å²) in [5, 5.41) is 3.69. The van der Waals surface area contributed by atoms with Crippen LogP contribution in [0.25, 0.3) is 0 Å². The van der Waals surface area contributed by atoms with Crippen molar-refractivity contribution in [2.45, 2.75) is 31.0 Å². The minimum Gasteiger partial charge on any atom is -0.357 e. The van der Waals surface area contributed by atoms with Gasteiger partial charge in [0, 0.05) is 22.7 Å². The molecular weight excluding hydrogens is 496 g/mol. The normalized spacial score (nSPS) is 19.8. The predicted molar refractivity (Wildman–Crippen MR) is 128 cm³/mol. The zero-order chi connectivity index (χ0) is 25.6. The summed E-state index contributed by atoms with van der Waals surface area (Å²) in [5.41, 5.74) is 1.76. The van der Waals surface area contributed by atoms with Crippen molar-refractivity contribution < 1.29 is 27.2 Å². The summed E-state index contributed by atoms with van der Waals surface area (Å²) in [6.45, 7) is 0. The van der Waals surface area contributed by atoms with Crippen LogP contribution in [-0.2, 0) is 9.59 Å². The molecule has 0 radical (unpaired) electrons. The average molecular weight is 515 g/mol. The summed E-state index contributed by atoms with van der Waals surface area (Å²) in [4.78, 5) is 27.1. The fourth-order valence-electron chi connectivity index (χ4n) is 4.88. The number of anilines is 2. The van der Waals surface area contributed by atoms with E-state index >= 15 is 0 Å². The van der Waals surface area contributed by atoms with E-state index in [4.69, 9.17) is 11.6 Å². The van der Waals surface area contributed by atoms with Gasteiger partial charge in [-0.05, 0) is 59.9 Å². The summed E-state index contributed by atoms with van der Waals surface area (Å²) < 4.78 is 55.3. The van der Waals surface area contributed by atoms with Crippen molar-refractivity contribution in [3.63, 3.8) is 0 Å². The lowest BCUT2D eigenvalue weighted by molar-refractivity contribution is -0.170. The molecule has 2 aliphatic rings. The molecule has 3 aromatic rings. The molecule has 0 aromatic heterocycles. The van der Waals surface area contributed by atoms with Gasteiger partial charge in [0.05, 0.1) is 17.4 Å². The molecule has 9 heteroatoms. The molecule has 3 aromatic carbocycles. The highest BCUT2D eigenvalue weighted by Crippen LogP contribution is 2.48. The molecule has 36 heavy (non-hydrogen) atoms. The molecule has 0 bridgehead atoms. The van der Waals surface area contributed by atoms with E-state index in [1.165, 1.54) is 24.3 Å². The number of rotatable bonds is 2. The van der Waals surface area contributed by atoms with Gasteiger partial charge in [0.2, 0.25) is 0 Å². The number of nitrogens with one attached hydrogen (secondary N) is 1. The van der Waals surface area contributed by atoms with E-state index < -0.39 is 29.7 Å². The standard InChI is InChI=1S/C27H19ClF4N2O2/c28-18-9-5-15(6-10-18)17-13-21-24(23(35)14-17)25(16-7-11-19(29)12-8-16)34(26(36)27(30,31)32)22-4-2-1-3-20(22)33-21/h1-12,17,25,33H,13-14H2/t17-,25-/m1/s1. The van der Waals surface area contributed by atoms with E-state index in [-0.39, 0.29) is 34.9 Å². The summed E-state index contributed by atoms with van der Waals surface area (Å²) in [5.74, 6) is -3.35. The third-order valence-corrected chi connectivity index (χ3v) is 6.73. The Morgan fingerprint density at radius 1 is 0.917 bits per heavy atom. The number of ketones is 1. The number of carbonyl (C=O) groups is 2. The number of hydrogen-bond acceptors (Lipinski definition) is 3. The molecule has 1 N–H and O–H groups in total. The summed E-state index contributed by atoms with van der Waals surface area (Å²) in [6, 6.07) is 16.5. The number of allylic oxidation sites excluding steroid dienone is 1. The second-order valence-corrected chi connectivity index (χ2v) is 9.18. The fraction of sp³-hybridized carbons (Fsp3) is 0.185. The Hall–Kier alpha value is -3.65. The van der Waals surface area contributed by atoms with Gasteiger partial charge >= 0.3 is 12.1 Å². The minimum absolute atomic E-state index is 0.0283. The van der Waals surface area contributed by atoms with Crippen LogP contribution in [0.2, 0.25) is 5.02 Å². The zero-order valence-corrected chi connectivity index (χ0v) is 19.4. The Morgan fingerprint density at radius 2 is 1.56 bits per heavy atom. The first-order valence-electron chi connectivity index (χ1n) is 11.2. The third-order valence-electron chi connectivity index (χ3n) is 6.48. The maximum absolute atomic E-state index is 13.9.